The standard InChI is InChI=1S/C25H27N3O2/c1-19(26-17-21-6-4-3-5-7-21)16-20-8-12-23(13-9-20)28-25(29)27-18-22-10-14-24(30-2)15-11-22/h3-15,26H,1,16-18H2,2H3,(H2,27,28,29). The third-order valence-electron chi connectivity index (χ3n) is 4.63. The molecule has 3 rings (SSSR count). The second kappa shape index (κ2) is 10.7. The van der Waals surface area contributed by atoms with Gasteiger partial charge in [0.2, 0.25) is 0 Å². The summed E-state index contributed by atoms with van der Waals surface area (Å²) >= 11 is 0. The zero-order valence-corrected chi connectivity index (χ0v) is 17.2. The first kappa shape index (κ1) is 21.0. The molecule has 3 aromatic rings. The van der Waals surface area contributed by atoms with Gasteiger partial charge in [0.15, 0.2) is 0 Å². The lowest BCUT2D eigenvalue weighted by Crippen LogP contribution is -2.28. The first-order valence-electron chi connectivity index (χ1n) is 9.84. The SMILES string of the molecule is C=C(Cc1ccc(NC(=O)NCc2ccc(OC)cc2)cc1)NCc1ccccc1. The third kappa shape index (κ3) is 6.71. The van der Waals surface area contributed by atoms with Crippen molar-refractivity contribution in [1.82, 2.24) is 10.6 Å². The summed E-state index contributed by atoms with van der Waals surface area (Å²) in [5, 5.41) is 9.05. The summed E-state index contributed by atoms with van der Waals surface area (Å²) < 4.78 is 5.13. The van der Waals surface area contributed by atoms with E-state index < -0.39 is 0 Å². The van der Waals surface area contributed by atoms with Crippen LogP contribution >= 0.6 is 0 Å². The Morgan fingerprint density at radius 1 is 0.800 bits per heavy atom. The van der Waals surface area contributed by atoms with Gasteiger partial charge in [0.1, 0.15) is 5.75 Å². The first-order valence-corrected chi connectivity index (χ1v) is 9.84. The van der Waals surface area contributed by atoms with Gasteiger partial charge in [-0.1, -0.05) is 61.2 Å². The van der Waals surface area contributed by atoms with E-state index in [1.54, 1.807) is 7.11 Å². The number of hydrogen-bond acceptors (Lipinski definition) is 3. The second-order valence-electron chi connectivity index (χ2n) is 6.97. The van der Waals surface area contributed by atoms with Crippen LogP contribution in [0.3, 0.4) is 0 Å². The molecule has 0 atom stereocenters. The summed E-state index contributed by atoms with van der Waals surface area (Å²) in [4.78, 5) is 12.1. The molecule has 0 radical (unpaired) electrons. The number of amides is 2. The number of anilines is 1. The molecule has 5 heteroatoms. The molecule has 0 unspecified atom stereocenters. The van der Waals surface area contributed by atoms with Gasteiger partial charge >= 0.3 is 6.03 Å². The van der Waals surface area contributed by atoms with Crippen LogP contribution in [0.15, 0.2) is 91.1 Å². The third-order valence-corrected chi connectivity index (χ3v) is 4.63. The maximum Gasteiger partial charge on any atom is 0.319 e. The van der Waals surface area contributed by atoms with E-state index in [-0.39, 0.29) is 6.03 Å². The second-order valence-corrected chi connectivity index (χ2v) is 6.97. The van der Waals surface area contributed by atoms with Crippen molar-refractivity contribution in [3.63, 3.8) is 0 Å². The zero-order valence-electron chi connectivity index (χ0n) is 17.2. The Bertz CT molecular complexity index is 952. The molecule has 30 heavy (non-hydrogen) atoms. The van der Waals surface area contributed by atoms with Gasteiger partial charge in [0.05, 0.1) is 7.11 Å². The van der Waals surface area contributed by atoms with E-state index in [2.05, 4.69) is 34.7 Å². The first-order chi connectivity index (χ1) is 14.6. The van der Waals surface area contributed by atoms with Crippen molar-refractivity contribution in [2.24, 2.45) is 0 Å². The van der Waals surface area contributed by atoms with Crippen molar-refractivity contribution in [2.75, 3.05) is 12.4 Å². The van der Waals surface area contributed by atoms with Gasteiger partial charge < -0.3 is 20.7 Å². The molecule has 2 amide bonds. The minimum Gasteiger partial charge on any atom is -0.497 e. The molecular formula is C25H27N3O2. The van der Waals surface area contributed by atoms with Crippen LogP contribution in [0.5, 0.6) is 5.75 Å². The van der Waals surface area contributed by atoms with E-state index in [0.717, 1.165) is 41.2 Å². The molecule has 0 aromatic heterocycles. The van der Waals surface area contributed by atoms with E-state index in [4.69, 9.17) is 4.74 Å². The van der Waals surface area contributed by atoms with Crippen LogP contribution in [0, 0.1) is 0 Å². The maximum absolute atomic E-state index is 12.1. The number of carbonyl (C=O) groups excluding carboxylic acids is 1. The molecule has 3 aromatic carbocycles. The zero-order chi connectivity index (χ0) is 21.2. The minimum absolute atomic E-state index is 0.243. The predicted octanol–water partition coefficient (Wildman–Crippen LogP) is 4.86. The highest BCUT2D eigenvalue weighted by atomic mass is 16.5. The minimum atomic E-state index is -0.243. The highest BCUT2D eigenvalue weighted by Crippen LogP contribution is 2.13. The summed E-state index contributed by atoms with van der Waals surface area (Å²) in [7, 11) is 1.63. The number of ether oxygens (including phenoxy) is 1. The lowest BCUT2D eigenvalue weighted by molar-refractivity contribution is 0.251. The van der Waals surface area contributed by atoms with E-state index in [0.29, 0.717) is 6.54 Å². The normalized spacial score (nSPS) is 10.2. The van der Waals surface area contributed by atoms with Gasteiger partial charge in [0.25, 0.3) is 0 Å². The van der Waals surface area contributed by atoms with Crippen molar-refractivity contribution in [2.45, 2.75) is 19.5 Å². The molecule has 0 aliphatic carbocycles. The van der Waals surface area contributed by atoms with E-state index in [1.165, 1.54) is 5.56 Å². The highest BCUT2D eigenvalue weighted by molar-refractivity contribution is 5.89. The fourth-order valence-electron chi connectivity index (χ4n) is 2.94. The van der Waals surface area contributed by atoms with Crippen molar-refractivity contribution in [3.8, 4) is 5.75 Å². The number of methoxy groups -OCH3 is 1. The van der Waals surface area contributed by atoms with Crippen LogP contribution in [-0.2, 0) is 19.5 Å². The van der Waals surface area contributed by atoms with Gasteiger partial charge in [0, 0.05) is 30.9 Å². The molecule has 0 spiro atoms. The quantitative estimate of drug-likeness (QED) is 0.480. The summed E-state index contributed by atoms with van der Waals surface area (Å²) in [6.45, 7) is 5.30. The molecule has 0 bridgehead atoms. The Morgan fingerprint density at radius 2 is 1.40 bits per heavy atom. The molecule has 154 valence electrons. The van der Waals surface area contributed by atoms with Crippen molar-refractivity contribution >= 4 is 11.7 Å². The largest absolute Gasteiger partial charge is 0.497 e. The number of urea groups is 1. The van der Waals surface area contributed by atoms with Crippen LogP contribution in [-0.4, -0.2) is 13.1 Å². The van der Waals surface area contributed by atoms with Gasteiger partial charge in [-0.05, 0) is 41.0 Å². The fourth-order valence-corrected chi connectivity index (χ4v) is 2.94. The lowest BCUT2D eigenvalue weighted by Gasteiger charge is -2.11. The summed E-state index contributed by atoms with van der Waals surface area (Å²) in [6.07, 6.45) is 0.733. The Labute approximate surface area is 177 Å². The summed E-state index contributed by atoms with van der Waals surface area (Å²) in [5.74, 6) is 0.793. The summed E-state index contributed by atoms with van der Waals surface area (Å²) in [5.41, 5.74) is 5.05. The van der Waals surface area contributed by atoms with Crippen molar-refractivity contribution in [1.29, 1.82) is 0 Å². The Balaban J connectivity index is 1.41. The number of nitrogens with one attached hydrogen (secondary N) is 3. The molecule has 3 N–H and O–H groups in total. The lowest BCUT2D eigenvalue weighted by atomic mass is 10.1. The Kier molecular flexibility index (Phi) is 7.50. The molecule has 0 saturated heterocycles. The molecule has 0 aliphatic heterocycles. The number of hydrogen-bond donors (Lipinski definition) is 3. The smallest absolute Gasteiger partial charge is 0.319 e. The van der Waals surface area contributed by atoms with Crippen LogP contribution in [0.2, 0.25) is 0 Å². The topological polar surface area (TPSA) is 62.4 Å². The number of rotatable bonds is 9. The molecule has 0 saturated carbocycles. The van der Waals surface area contributed by atoms with Crippen LogP contribution in [0.1, 0.15) is 16.7 Å². The van der Waals surface area contributed by atoms with Crippen LogP contribution in [0.4, 0.5) is 10.5 Å². The molecular weight excluding hydrogens is 374 g/mol. The van der Waals surface area contributed by atoms with Crippen molar-refractivity contribution in [3.05, 3.63) is 108 Å². The van der Waals surface area contributed by atoms with Crippen molar-refractivity contribution < 1.29 is 9.53 Å². The highest BCUT2D eigenvalue weighted by Gasteiger charge is 2.03. The predicted molar refractivity (Wildman–Crippen MR) is 121 cm³/mol. The van der Waals surface area contributed by atoms with Gasteiger partial charge in [-0.25, -0.2) is 4.79 Å². The Hall–Kier alpha value is -3.73. The van der Waals surface area contributed by atoms with Gasteiger partial charge in [-0.15, -0.1) is 0 Å². The van der Waals surface area contributed by atoms with Crippen LogP contribution in [0.25, 0.3) is 0 Å². The number of allylic oxidation sites excluding steroid dienone is 1. The number of benzene rings is 3. The summed E-state index contributed by atoms with van der Waals surface area (Å²) in [6, 6.07) is 25.4. The van der Waals surface area contributed by atoms with Gasteiger partial charge in [-0.2, -0.15) is 0 Å². The fraction of sp³-hybridized carbons (Fsp3) is 0.160. The van der Waals surface area contributed by atoms with Crippen LogP contribution < -0.4 is 20.7 Å². The average molecular weight is 402 g/mol. The Morgan fingerprint density at radius 3 is 2.07 bits per heavy atom. The van der Waals surface area contributed by atoms with E-state index in [9.17, 15) is 4.79 Å². The molecule has 0 fully saturated rings. The average Bonchev–Trinajstić information content (AvgIpc) is 2.79. The maximum atomic E-state index is 12.1. The van der Waals surface area contributed by atoms with Gasteiger partial charge in [-0.3, -0.25) is 0 Å². The van der Waals surface area contributed by atoms with E-state index in [1.807, 2.05) is 66.7 Å². The molecule has 5 nitrogen and oxygen atoms in total. The molecule has 0 aliphatic rings. The van der Waals surface area contributed by atoms with E-state index >= 15 is 0 Å². The molecule has 0 heterocycles. The monoisotopic (exact) mass is 401 g/mol. The number of carbonyl (C=O) groups is 1.